The first-order chi connectivity index (χ1) is 13.7. The molecule has 1 aromatic heterocycles. The summed E-state index contributed by atoms with van der Waals surface area (Å²) in [6.07, 6.45) is 5.76. The summed E-state index contributed by atoms with van der Waals surface area (Å²) in [6, 6.07) is 8.76. The molecule has 0 bridgehead atoms. The summed E-state index contributed by atoms with van der Waals surface area (Å²) in [5, 5.41) is 11.6. The maximum Gasteiger partial charge on any atom is 0.228 e. The average Bonchev–Trinajstić information content (AvgIpc) is 3.47. The van der Waals surface area contributed by atoms with Crippen LogP contribution in [0.4, 0.5) is 0 Å². The summed E-state index contributed by atoms with van der Waals surface area (Å²) >= 11 is 5.92. The number of guanidine groups is 1. The lowest BCUT2D eigenvalue weighted by molar-refractivity contribution is 0.197. The van der Waals surface area contributed by atoms with Gasteiger partial charge < -0.3 is 20.1 Å². The first kappa shape index (κ1) is 19.2. The fourth-order valence-electron chi connectivity index (χ4n) is 3.60. The van der Waals surface area contributed by atoms with Gasteiger partial charge in [0.25, 0.3) is 0 Å². The lowest BCUT2D eigenvalue weighted by Gasteiger charge is -2.33. The average molecular weight is 403 g/mol. The molecular formula is C20H27ClN6O. The molecule has 7 nitrogen and oxygen atoms in total. The van der Waals surface area contributed by atoms with E-state index in [1.54, 1.807) is 7.05 Å². The number of benzene rings is 1. The van der Waals surface area contributed by atoms with Crippen LogP contribution in [0.2, 0.25) is 5.02 Å². The van der Waals surface area contributed by atoms with Crippen LogP contribution >= 0.6 is 11.6 Å². The first-order valence-corrected chi connectivity index (χ1v) is 10.4. The summed E-state index contributed by atoms with van der Waals surface area (Å²) in [4.78, 5) is 11.4. The second kappa shape index (κ2) is 8.92. The topological polar surface area (TPSA) is 78.6 Å². The van der Waals surface area contributed by atoms with E-state index in [1.807, 2.05) is 24.3 Å². The third kappa shape index (κ3) is 5.02. The summed E-state index contributed by atoms with van der Waals surface area (Å²) in [7, 11) is 1.81. The zero-order valence-corrected chi connectivity index (χ0v) is 17.0. The number of likely N-dealkylation sites (tertiary alicyclic amines) is 1. The predicted molar refractivity (Wildman–Crippen MR) is 111 cm³/mol. The second-order valence-corrected chi connectivity index (χ2v) is 7.89. The third-order valence-corrected chi connectivity index (χ3v) is 5.61. The molecule has 0 amide bonds. The van der Waals surface area contributed by atoms with Crippen LogP contribution < -0.4 is 10.6 Å². The fraction of sp³-hybridized carbons (Fsp3) is 0.550. The molecule has 28 heavy (non-hydrogen) atoms. The van der Waals surface area contributed by atoms with Gasteiger partial charge in [0.05, 0.1) is 0 Å². The van der Waals surface area contributed by atoms with Gasteiger partial charge in [-0.15, -0.1) is 0 Å². The highest BCUT2D eigenvalue weighted by atomic mass is 35.5. The Morgan fingerprint density at radius 1 is 1.21 bits per heavy atom. The lowest BCUT2D eigenvalue weighted by Crippen LogP contribution is -2.49. The normalized spacial score (nSPS) is 19.0. The molecule has 2 N–H and O–H groups in total. The molecule has 0 atom stereocenters. The van der Waals surface area contributed by atoms with Gasteiger partial charge in [0, 0.05) is 55.8 Å². The minimum atomic E-state index is 0.487. The van der Waals surface area contributed by atoms with Crippen molar-refractivity contribution in [2.45, 2.75) is 44.2 Å². The van der Waals surface area contributed by atoms with Crippen molar-refractivity contribution in [2.75, 3.05) is 26.7 Å². The standard InChI is InChI=1S/C20H27ClN6O/c1-22-20(24-16-9-12-27(13-10-16)17-6-7-17)23-11-8-18-25-19(26-28-18)14-2-4-15(21)5-3-14/h2-5,16-17H,6-13H2,1H3,(H2,22,23,24). The van der Waals surface area contributed by atoms with Crippen LogP contribution in [0.3, 0.4) is 0 Å². The smallest absolute Gasteiger partial charge is 0.228 e. The molecule has 2 aromatic rings. The molecule has 1 aromatic carbocycles. The van der Waals surface area contributed by atoms with Gasteiger partial charge in [0.2, 0.25) is 11.7 Å². The highest BCUT2D eigenvalue weighted by molar-refractivity contribution is 6.30. The van der Waals surface area contributed by atoms with Crippen molar-refractivity contribution >= 4 is 17.6 Å². The van der Waals surface area contributed by atoms with Gasteiger partial charge in [0.15, 0.2) is 5.96 Å². The van der Waals surface area contributed by atoms with Crippen LogP contribution in [0, 0.1) is 0 Å². The number of halogens is 1. The molecule has 1 saturated heterocycles. The molecule has 0 radical (unpaired) electrons. The number of rotatable bonds is 6. The summed E-state index contributed by atoms with van der Waals surface area (Å²) in [6.45, 7) is 3.06. The van der Waals surface area contributed by atoms with Gasteiger partial charge in [-0.25, -0.2) is 0 Å². The number of hydrogen-bond acceptors (Lipinski definition) is 5. The van der Waals surface area contributed by atoms with E-state index in [4.69, 9.17) is 16.1 Å². The summed E-state index contributed by atoms with van der Waals surface area (Å²) in [5.74, 6) is 2.02. The van der Waals surface area contributed by atoms with Gasteiger partial charge in [-0.2, -0.15) is 4.98 Å². The minimum absolute atomic E-state index is 0.487. The largest absolute Gasteiger partial charge is 0.356 e. The van der Waals surface area contributed by atoms with Crippen molar-refractivity contribution < 1.29 is 4.52 Å². The molecule has 4 rings (SSSR count). The van der Waals surface area contributed by atoms with E-state index in [0.29, 0.717) is 35.7 Å². The Bertz CT molecular complexity index is 793. The Kier molecular flexibility index (Phi) is 6.12. The Labute approximate surface area is 170 Å². The fourth-order valence-corrected chi connectivity index (χ4v) is 3.72. The Morgan fingerprint density at radius 3 is 2.64 bits per heavy atom. The van der Waals surface area contributed by atoms with Gasteiger partial charge in [-0.1, -0.05) is 16.8 Å². The van der Waals surface area contributed by atoms with Gasteiger partial charge >= 0.3 is 0 Å². The predicted octanol–water partition coefficient (Wildman–Crippen LogP) is 2.72. The lowest BCUT2D eigenvalue weighted by atomic mass is 10.1. The van der Waals surface area contributed by atoms with Crippen LogP contribution in [-0.2, 0) is 6.42 Å². The molecule has 2 heterocycles. The van der Waals surface area contributed by atoms with Crippen LogP contribution in [0.1, 0.15) is 31.6 Å². The van der Waals surface area contributed by atoms with E-state index < -0.39 is 0 Å². The molecule has 1 aliphatic carbocycles. The quantitative estimate of drug-likeness (QED) is 0.571. The summed E-state index contributed by atoms with van der Waals surface area (Å²) in [5.41, 5.74) is 0.891. The first-order valence-electron chi connectivity index (χ1n) is 10.0. The number of nitrogens with one attached hydrogen (secondary N) is 2. The second-order valence-electron chi connectivity index (χ2n) is 7.45. The van der Waals surface area contributed by atoms with Crippen molar-refractivity contribution in [1.29, 1.82) is 0 Å². The highest BCUT2D eigenvalue weighted by Crippen LogP contribution is 2.29. The van der Waals surface area contributed by atoms with Gasteiger partial charge in [-0.3, -0.25) is 4.99 Å². The Balaban J connectivity index is 1.21. The Hall–Kier alpha value is -2.12. The van der Waals surface area contributed by atoms with E-state index in [-0.39, 0.29) is 0 Å². The molecule has 1 aliphatic heterocycles. The van der Waals surface area contributed by atoms with E-state index in [2.05, 4.69) is 30.7 Å². The Morgan fingerprint density at radius 2 is 1.96 bits per heavy atom. The van der Waals surface area contributed by atoms with Crippen molar-refractivity contribution in [3.8, 4) is 11.4 Å². The van der Waals surface area contributed by atoms with Gasteiger partial charge in [-0.05, 0) is 49.9 Å². The highest BCUT2D eigenvalue weighted by Gasteiger charge is 2.31. The van der Waals surface area contributed by atoms with E-state index in [0.717, 1.165) is 17.6 Å². The number of hydrogen-bond donors (Lipinski definition) is 2. The van der Waals surface area contributed by atoms with Crippen LogP contribution in [0.25, 0.3) is 11.4 Å². The number of aromatic nitrogens is 2. The van der Waals surface area contributed by atoms with Crippen molar-refractivity contribution in [1.82, 2.24) is 25.7 Å². The molecule has 2 fully saturated rings. The number of aliphatic imine (C=N–C) groups is 1. The van der Waals surface area contributed by atoms with E-state index >= 15 is 0 Å². The monoisotopic (exact) mass is 402 g/mol. The maximum atomic E-state index is 5.92. The van der Waals surface area contributed by atoms with Crippen LogP contribution in [-0.4, -0.2) is 59.8 Å². The SMILES string of the molecule is CN=C(NCCc1nc(-c2ccc(Cl)cc2)no1)NC1CCN(C2CC2)CC1. The molecule has 1 saturated carbocycles. The third-order valence-electron chi connectivity index (χ3n) is 5.36. The molecule has 2 aliphatic rings. The zero-order chi connectivity index (χ0) is 19.3. The molecule has 0 unspecified atom stereocenters. The van der Waals surface area contributed by atoms with Crippen molar-refractivity contribution in [3.05, 3.63) is 35.2 Å². The number of nitrogens with zero attached hydrogens (tertiary/aromatic N) is 4. The zero-order valence-electron chi connectivity index (χ0n) is 16.2. The molecular weight excluding hydrogens is 376 g/mol. The minimum Gasteiger partial charge on any atom is -0.356 e. The molecule has 8 heteroatoms. The van der Waals surface area contributed by atoms with E-state index in [1.165, 1.54) is 38.8 Å². The maximum absolute atomic E-state index is 5.92. The van der Waals surface area contributed by atoms with Crippen molar-refractivity contribution in [2.24, 2.45) is 4.99 Å². The van der Waals surface area contributed by atoms with Gasteiger partial charge in [0.1, 0.15) is 0 Å². The van der Waals surface area contributed by atoms with Crippen LogP contribution in [0.5, 0.6) is 0 Å². The van der Waals surface area contributed by atoms with Crippen LogP contribution in [0.15, 0.2) is 33.8 Å². The molecule has 150 valence electrons. The van der Waals surface area contributed by atoms with E-state index in [9.17, 15) is 0 Å². The number of piperidine rings is 1. The summed E-state index contributed by atoms with van der Waals surface area (Å²) < 4.78 is 5.35. The molecule has 0 spiro atoms. The van der Waals surface area contributed by atoms with Crippen molar-refractivity contribution in [3.63, 3.8) is 0 Å².